The lowest BCUT2D eigenvalue weighted by atomic mass is 10.1. The molecule has 10 nitrogen and oxygen atoms in total. The lowest BCUT2D eigenvalue weighted by molar-refractivity contribution is -0.117. The fourth-order valence-electron chi connectivity index (χ4n) is 3.33. The highest BCUT2D eigenvalue weighted by Crippen LogP contribution is 2.36. The summed E-state index contributed by atoms with van der Waals surface area (Å²) >= 11 is 0. The van der Waals surface area contributed by atoms with Crippen molar-refractivity contribution in [3.8, 4) is 28.7 Å². The number of fused-ring (bicyclic) bond motifs is 1. The molecule has 3 aromatic rings. The average Bonchev–Trinajstić information content (AvgIpc) is 3.37. The molecule has 1 heterocycles. The van der Waals surface area contributed by atoms with Crippen LogP contribution in [0.3, 0.4) is 0 Å². The number of hydrazone groups is 1. The van der Waals surface area contributed by atoms with Gasteiger partial charge < -0.3 is 29.4 Å². The van der Waals surface area contributed by atoms with E-state index >= 15 is 0 Å². The maximum Gasteiger partial charge on any atom is 0.287 e. The molecule has 10 heteroatoms. The van der Waals surface area contributed by atoms with E-state index < -0.39 is 11.8 Å². The summed E-state index contributed by atoms with van der Waals surface area (Å²) in [4.78, 5) is 25.7. The predicted molar refractivity (Wildman–Crippen MR) is 131 cm³/mol. The number of ether oxygens (including phenoxy) is 4. The van der Waals surface area contributed by atoms with Crippen LogP contribution in [0.5, 0.6) is 28.7 Å². The van der Waals surface area contributed by atoms with Gasteiger partial charge in [-0.15, -0.1) is 0 Å². The Morgan fingerprint density at radius 2 is 1.64 bits per heavy atom. The zero-order valence-electron chi connectivity index (χ0n) is 19.5. The highest BCUT2D eigenvalue weighted by Gasteiger charge is 2.17. The van der Waals surface area contributed by atoms with Crippen LogP contribution in [-0.2, 0) is 4.79 Å². The van der Waals surface area contributed by atoms with Crippen molar-refractivity contribution in [2.75, 3.05) is 21.0 Å². The summed E-state index contributed by atoms with van der Waals surface area (Å²) in [6, 6.07) is 16.7. The fourth-order valence-corrected chi connectivity index (χ4v) is 3.33. The molecule has 2 amide bonds. The van der Waals surface area contributed by atoms with Crippen molar-refractivity contribution in [1.82, 2.24) is 10.7 Å². The molecule has 0 radical (unpaired) electrons. The van der Waals surface area contributed by atoms with E-state index in [1.54, 1.807) is 48.5 Å². The summed E-state index contributed by atoms with van der Waals surface area (Å²) in [5.41, 5.74) is 3.84. The van der Waals surface area contributed by atoms with Gasteiger partial charge in [-0.05, 0) is 48.0 Å². The first-order valence-electron chi connectivity index (χ1n) is 10.7. The minimum absolute atomic E-state index is 0.0410. The summed E-state index contributed by atoms with van der Waals surface area (Å²) < 4.78 is 21.0. The number of hydrogen-bond acceptors (Lipinski definition) is 8. The SMILES string of the molecule is COc1cc(/C=N/NC(=O)/C(=C/c2ccc3c(c2)OCO3)NC(=O)c2ccccc2)cc(OC)c1O. The fraction of sp³-hybridized carbons (Fsp3) is 0.115. The molecule has 0 spiro atoms. The van der Waals surface area contributed by atoms with E-state index in [4.69, 9.17) is 18.9 Å². The number of carbonyl (C=O) groups excluding carboxylic acids is 2. The quantitative estimate of drug-likeness (QED) is 0.252. The van der Waals surface area contributed by atoms with Crippen LogP contribution < -0.4 is 29.7 Å². The zero-order chi connectivity index (χ0) is 25.5. The molecule has 1 aliphatic heterocycles. The van der Waals surface area contributed by atoms with Crippen molar-refractivity contribution in [3.63, 3.8) is 0 Å². The summed E-state index contributed by atoms with van der Waals surface area (Å²) in [6.45, 7) is 0.113. The summed E-state index contributed by atoms with van der Waals surface area (Å²) in [7, 11) is 2.81. The molecule has 0 saturated heterocycles. The van der Waals surface area contributed by atoms with Crippen molar-refractivity contribution in [2.45, 2.75) is 0 Å². The van der Waals surface area contributed by atoms with Crippen LogP contribution in [-0.4, -0.2) is 44.1 Å². The molecule has 36 heavy (non-hydrogen) atoms. The first-order valence-corrected chi connectivity index (χ1v) is 10.7. The first kappa shape index (κ1) is 24.1. The molecule has 0 aromatic heterocycles. The van der Waals surface area contributed by atoms with Crippen molar-refractivity contribution >= 4 is 24.1 Å². The molecule has 0 saturated carbocycles. The first-order chi connectivity index (χ1) is 17.5. The Balaban J connectivity index is 1.57. The molecule has 4 rings (SSSR count). The van der Waals surface area contributed by atoms with Gasteiger partial charge in [-0.1, -0.05) is 24.3 Å². The van der Waals surface area contributed by atoms with E-state index in [-0.39, 0.29) is 29.7 Å². The van der Waals surface area contributed by atoms with Gasteiger partial charge in [0.25, 0.3) is 11.8 Å². The maximum atomic E-state index is 13.0. The Morgan fingerprint density at radius 1 is 0.944 bits per heavy atom. The smallest absolute Gasteiger partial charge is 0.287 e. The third-order valence-electron chi connectivity index (χ3n) is 5.12. The molecular weight excluding hydrogens is 466 g/mol. The highest BCUT2D eigenvalue weighted by atomic mass is 16.7. The number of aromatic hydroxyl groups is 1. The van der Waals surface area contributed by atoms with Gasteiger partial charge in [0.05, 0.1) is 20.4 Å². The summed E-state index contributed by atoms with van der Waals surface area (Å²) in [5.74, 6) is 0.211. The van der Waals surface area contributed by atoms with Gasteiger partial charge in [-0.2, -0.15) is 5.10 Å². The molecule has 184 valence electrons. The van der Waals surface area contributed by atoms with E-state index in [0.717, 1.165) is 0 Å². The summed E-state index contributed by atoms with van der Waals surface area (Å²) in [5, 5.41) is 16.6. The Labute approximate surface area is 206 Å². The van der Waals surface area contributed by atoms with Crippen LogP contribution in [0.2, 0.25) is 0 Å². The number of rotatable bonds is 8. The molecule has 0 aliphatic carbocycles. The number of nitrogens with zero attached hydrogens (tertiary/aromatic N) is 1. The molecule has 3 N–H and O–H groups in total. The molecule has 0 bridgehead atoms. The van der Waals surface area contributed by atoms with Gasteiger partial charge in [0.2, 0.25) is 12.5 Å². The number of methoxy groups -OCH3 is 2. The Bertz CT molecular complexity index is 1310. The van der Waals surface area contributed by atoms with Crippen LogP contribution in [0.4, 0.5) is 0 Å². The van der Waals surface area contributed by atoms with Crippen LogP contribution in [0.25, 0.3) is 6.08 Å². The summed E-state index contributed by atoms with van der Waals surface area (Å²) in [6.07, 6.45) is 2.85. The van der Waals surface area contributed by atoms with E-state index in [1.807, 2.05) is 0 Å². The normalized spacial score (nSPS) is 12.3. The predicted octanol–water partition coefficient (Wildman–Crippen LogP) is 3.06. The van der Waals surface area contributed by atoms with Gasteiger partial charge in [-0.25, -0.2) is 5.43 Å². The van der Waals surface area contributed by atoms with Crippen LogP contribution in [0.1, 0.15) is 21.5 Å². The lowest BCUT2D eigenvalue weighted by Gasteiger charge is -2.10. The second-order valence-corrected chi connectivity index (χ2v) is 7.46. The Morgan fingerprint density at radius 3 is 2.33 bits per heavy atom. The monoisotopic (exact) mass is 489 g/mol. The maximum absolute atomic E-state index is 13.0. The average molecular weight is 489 g/mol. The van der Waals surface area contributed by atoms with Crippen molar-refractivity contribution in [1.29, 1.82) is 0 Å². The number of phenolic OH excluding ortho intramolecular Hbond substituents is 1. The Hall–Kier alpha value is -4.99. The van der Waals surface area contributed by atoms with Gasteiger partial charge in [0.1, 0.15) is 5.70 Å². The molecular formula is C26H23N3O7. The van der Waals surface area contributed by atoms with Crippen molar-refractivity contribution in [2.24, 2.45) is 5.10 Å². The highest BCUT2D eigenvalue weighted by molar-refractivity contribution is 6.05. The third kappa shape index (κ3) is 5.55. The van der Waals surface area contributed by atoms with E-state index in [1.165, 1.54) is 38.6 Å². The van der Waals surface area contributed by atoms with E-state index in [9.17, 15) is 14.7 Å². The lowest BCUT2D eigenvalue weighted by Crippen LogP contribution is -2.32. The largest absolute Gasteiger partial charge is 0.502 e. The number of hydrogen-bond donors (Lipinski definition) is 3. The minimum Gasteiger partial charge on any atom is -0.502 e. The molecule has 0 unspecified atom stereocenters. The number of amides is 2. The Kier molecular flexibility index (Phi) is 7.35. The molecule has 3 aromatic carbocycles. The van der Waals surface area contributed by atoms with Gasteiger partial charge >= 0.3 is 0 Å². The number of benzene rings is 3. The number of nitrogens with one attached hydrogen (secondary N) is 2. The van der Waals surface area contributed by atoms with E-state index in [2.05, 4.69) is 15.8 Å². The number of phenols is 1. The van der Waals surface area contributed by atoms with Crippen LogP contribution >= 0.6 is 0 Å². The van der Waals surface area contributed by atoms with Crippen LogP contribution in [0.15, 0.2) is 71.5 Å². The van der Waals surface area contributed by atoms with Gasteiger partial charge in [0, 0.05) is 11.1 Å². The second-order valence-electron chi connectivity index (χ2n) is 7.46. The van der Waals surface area contributed by atoms with Crippen molar-refractivity contribution in [3.05, 3.63) is 83.1 Å². The van der Waals surface area contributed by atoms with Crippen LogP contribution in [0, 0.1) is 0 Å². The molecule has 1 aliphatic rings. The standard InChI is InChI=1S/C26H23N3O7/c1-33-22-12-17(13-23(34-2)24(22)30)14-27-29-26(32)19(28-25(31)18-6-4-3-5-7-18)10-16-8-9-20-21(11-16)36-15-35-20/h3-14,30H,15H2,1-2H3,(H,28,31)(H,29,32)/b19-10-,27-14+. The van der Waals surface area contributed by atoms with Crippen molar-refractivity contribution < 1.29 is 33.6 Å². The molecule has 0 atom stereocenters. The van der Waals surface area contributed by atoms with Gasteiger partial charge in [0.15, 0.2) is 23.0 Å². The third-order valence-corrected chi connectivity index (χ3v) is 5.12. The zero-order valence-corrected chi connectivity index (χ0v) is 19.5. The molecule has 0 fully saturated rings. The minimum atomic E-state index is -0.661. The topological polar surface area (TPSA) is 128 Å². The van der Waals surface area contributed by atoms with E-state index in [0.29, 0.717) is 28.2 Å². The van der Waals surface area contributed by atoms with Gasteiger partial charge in [-0.3, -0.25) is 9.59 Å². The number of carbonyl (C=O) groups is 2. The second kappa shape index (κ2) is 11.0.